The topological polar surface area (TPSA) is 122 Å². The molecule has 2 aromatic rings. The molecule has 0 aromatic carbocycles. The highest BCUT2D eigenvalue weighted by Crippen LogP contribution is 2.67. The zero-order valence-corrected chi connectivity index (χ0v) is 16.8. The Hall–Kier alpha value is -1.48. The van der Waals surface area contributed by atoms with Crippen molar-refractivity contribution in [2.24, 2.45) is 28.9 Å². The van der Waals surface area contributed by atoms with Crippen molar-refractivity contribution >= 4 is 28.6 Å². The van der Waals surface area contributed by atoms with E-state index >= 15 is 0 Å². The number of nitrogens with zero attached hydrogens (tertiary/aromatic N) is 4. The van der Waals surface area contributed by atoms with Gasteiger partial charge in [-0.15, -0.1) is 0 Å². The zero-order valence-electron chi connectivity index (χ0n) is 16.1. The van der Waals surface area contributed by atoms with Gasteiger partial charge in [0.05, 0.1) is 18.5 Å². The van der Waals surface area contributed by atoms with Gasteiger partial charge in [0, 0.05) is 18.0 Å². The number of aliphatic hydroxyl groups excluding tert-OH is 2. The maximum atomic E-state index is 10.7. The van der Waals surface area contributed by atoms with Crippen LogP contribution in [0.2, 0.25) is 5.28 Å². The lowest BCUT2D eigenvalue weighted by atomic mass is 9.99. The number of halogens is 1. The smallest absolute Gasteiger partial charge is 0.226 e. The van der Waals surface area contributed by atoms with Crippen molar-refractivity contribution in [2.45, 2.75) is 57.4 Å². The first-order valence-corrected chi connectivity index (χ1v) is 10.5. The molecule has 3 fully saturated rings. The van der Waals surface area contributed by atoms with Crippen LogP contribution in [0.5, 0.6) is 0 Å². The van der Waals surface area contributed by atoms with Crippen LogP contribution in [0.3, 0.4) is 0 Å². The maximum absolute atomic E-state index is 10.7. The Morgan fingerprint density at radius 1 is 1.36 bits per heavy atom. The van der Waals surface area contributed by atoms with Crippen molar-refractivity contribution in [1.82, 2.24) is 19.5 Å². The van der Waals surface area contributed by atoms with Crippen molar-refractivity contribution in [3.05, 3.63) is 11.6 Å². The molecule has 0 amide bonds. The number of fused-ring (bicyclic) bond motifs is 2. The molecule has 0 bridgehead atoms. The van der Waals surface area contributed by atoms with Crippen LogP contribution in [0, 0.1) is 23.2 Å². The fourth-order valence-corrected chi connectivity index (χ4v) is 5.45. The summed E-state index contributed by atoms with van der Waals surface area (Å²) in [4.78, 5) is 13.4. The highest BCUT2D eigenvalue weighted by molar-refractivity contribution is 6.28. The average Bonchev–Trinajstić information content (AvgIpc) is 3.55. The summed E-state index contributed by atoms with van der Waals surface area (Å²) in [5, 5.41) is 24.9. The van der Waals surface area contributed by atoms with E-state index in [1.807, 2.05) is 4.57 Å². The van der Waals surface area contributed by atoms with Gasteiger partial charge in [-0.3, -0.25) is 0 Å². The summed E-state index contributed by atoms with van der Waals surface area (Å²) >= 11 is 6.25. The maximum Gasteiger partial charge on any atom is 0.226 e. The predicted octanol–water partition coefficient (Wildman–Crippen LogP) is 1.57. The highest BCUT2D eigenvalue weighted by atomic mass is 35.5. The van der Waals surface area contributed by atoms with Gasteiger partial charge in [-0.05, 0) is 48.6 Å². The van der Waals surface area contributed by atoms with Crippen LogP contribution < -0.4 is 11.1 Å². The monoisotopic (exact) mass is 406 g/mol. The molecule has 8 nitrogen and oxygen atoms in total. The molecule has 2 heterocycles. The van der Waals surface area contributed by atoms with Gasteiger partial charge in [-0.2, -0.15) is 9.97 Å². The van der Waals surface area contributed by atoms with Crippen molar-refractivity contribution in [3.8, 4) is 0 Å². The second kappa shape index (κ2) is 6.26. The minimum absolute atomic E-state index is 0.111. The number of aromatic nitrogens is 4. The fraction of sp³-hybridized carbons (Fsp3) is 0.737. The van der Waals surface area contributed by atoms with Gasteiger partial charge in [-0.25, -0.2) is 4.98 Å². The van der Waals surface area contributed by atoms with E-state index in [0.717, 1.165) is 6.42 Å². The molecule has 5 rings (SSSR count). The molecule has 3 aliphatic carbocycles. The van der Waals surface area contributed by atoms with Gasteiger partial charge >= 0.3 is 0 Å². The molecule has 0 unspecified atom stereocenters. The molecular weight excluding hydrogens is 380 g/mol. The number of anilines is 1. The first-order valence-electron chi connectivity index (χ1n) is 10.1. The lowest BCUT2D eigenvalue weighted by molar-refractivity contribution is -0.0155. The van der Waals surface area contributed by atoms with Crippen LogP contribution in [0.4, 0.5) is 5.82 Å². The summed E-state index contributed by atoms with van der Waals surface area (Å²) in [7, 11) is 0. The number of aliphatic hydroxyl groups is 2. The van der Waals surface area contributed by atoms with Crippen molar-refractivity contribution in [3.63, 3.8) is 0 Å². The van der Waals surface area contributed by atoms with Gasteiger partial charge in [0.15, 0.2) is 17.0 Å². The van der Waals surface area contributed by atoms with E-state index in [9.17, 15) is 10.2 Å². The molecule has 0 aliphatic heterocycles. The molecule has 0 spiro atoms. The summed E-state index contributed by atoms with van der Waals surface area (Å²) in [5.74, 6) is 1.85. The van der Waals surface area contributed by atoms with E-state index in [4.69, 9.17) is 17.3 Å². The Bertz CT molecular complexity index is 913. The Morgan fingerprint density at radius 2 is 2.11 bits per heavy atom. The van der Waals surface area contributed by atoms with E-state index < -0.39 is 17.6 Å². The Kier molecular flexibility index (Phi) is 4.14. The van der Waals surface area contributed by atoms with Gasteiger partial charge < -0.3 is 25.8 Å². The van der Waals surface area contributed by atoms with E-state index in [2.05, 4.69) is 34.1 Å². The zero-order chi connectivity index (χ0) is 19.8. The Balaban J connectivity index is 1.54. The van der Waals surface area contributed by atoms with E-state index in [1.165, 1.54) is 12.8 Å². The highest BCUT2D eigenvalue weighted by Gasteiger charge is 2.70. The first kappa shape index (κ1) is 18.5. The molecule has 0 radical (unpaired) electrons. The summed E-state index contributed by atoms with van der Waals surface area (Å²) < 4.78 is 1.85. The Labute approximate surface area is 168 Å². The van der Waals surface area contributed by atoms with Crippen LogP contribution in [0.15, 0.2) is 6.33 Å². The molecule has 0 saturated heterocycles. The molecule has 6 atom stereocenters. The van der Waals surface area contributed by atoms with Crippen LogP contribution in [-0.2, 0) is 0 Å². The molecule has 28 heavy (non-hydrogen) atoms. The lowest BCUT2D eigenvalue weighted by Crippen LogP contribution is -2.37. The first-order chi connectivity index (χ1) is 13.4. The number of imidazole rings is 1. The quantitative estimate of drug-likeness (QED) is 0.537. The molecule has 152 valence electrons. The molecule has 2 aromatic heterocycles. The molecule has 5 N–H and O–H groups in total. The number of hydrogen-bond acceptors (Lipinski definition) is 7. The summed E-state index contributed by atoms with van der Waals surface area (Å²) in [6.07, 6.45) is 3.18. The van der Waals surface area contributed by atoms with Crippen LogP contribution >= 0.6 is 11.6 Å². The fourth-order valence-electron chi connectivity index (χ4n) is 5.28. The molecule has 3 aliphatic rings. The van der Waals surface area contributed by atoms with Crippen molar-refractivity contribution in [1.29, 1.82) is 0 Å². The minimum Gasteiger partial charge on any atom is -0.390 e. The second-order valence-electron chi connectivity index (χ2n) is 9.09. The largest absolute Gasteiger partial charge is 0.390 e. The van der Waals surface area contributed by atoms with Gasteiger partial charge in [-0.1, -0.05) is 13.8 Å². The predicted molar refractivity (Wildman–Crippen MR) is 106 cm³/mol. The molecule has 3 saturated carbocycles. The van der Waals surface area contributed by atoms with E-state index in [-0.39, 0.29) is 17.2 Å². The van der Waals surface area contributed by atoms with Crippen LogP contribution in [0.25, 0.3) is 11.2 Å². The Morgan fingerprint density at radius 3 is 2.71 bits per heavy atom. The molecular formula is C19H27ClN6O2. The SMILES string of the molecule is CC(C)[C@@H](Nc1nc(Cl)nc2c1ncn2[C@H]1[C@H](O)[C@H](O)[C@]2(CN)C[C@H]12)C1CC1. The standard InChI is InChI=1S/C19H27ClN6O2/c1-8(2)11(9-3-4-9)23-16-12-17(25-18(20)24-16)26(7-22-12)13-10-5-19(10,6-21)15(28)14(13)27/h7-11,13-15,27-28H,3-6,21H2,1-2H3,(H,23,24,25)/t10-,11-,13-,14+,15+,19+/m1/s1. The summed E-state index contributed by atoms with van der Waals surface area (Å²) in [6.45, 7) is 4.76. The third-order valence-electron chi connectivity index (χ3n) is 7.10. The summed E-state index contributed by atoms with van der Waals surface area (Å²) in [5.41, 5.74) is 6.73. The normalized spacial score (nSPS) is 35.4. The van der Waals surface area contributed by atoms with Gasteiger partial charge in [0.2, 0.25) is 5.28 Å². The lowest BCUT2D eigenvalue weighted by Gasteiger charge is -2.24. The number of hydrogen-bond donors (Lipinski definition) is 4. The van der Waals surface area contributed by atoms with Gasteiger partial charge in [0.25, 0.3) is 0 Å². The van der Waals surface area contributed by atoms with Crippen molar-refractivity contribution < 1.29 is 10.2 Å². The number of nitrogens with two attached hydrogens (primary N) is 1. The van der Waals surface area contributed by atoms with E-state index in [1.54, 1.807) is 6.33 Å². The van der Waals surface area contributed by atoms with Gasteiger partial charge in [0.1, 0.15) is 6.10 Å². The second-order valence-corrected chi connectivity index (χ2v) is 9.43. The third-order valence-corrected chi connectivity index (χ3v) is 7.27. The van der Waals surface area contributed by atoms with Crippen molar-refractivity contribution in [2.75, 3.05) is 11.9 Å². The summed E-state index contributed by atoms with van der Waals surface area (Å²) in [6, 6.07) is -0.00164. The number of nitrogens with one attached hydrogen (secondary N) is 1. The minimum atomic E-state index is -0.903. The number of rotatable bonds is 6. The third kappa shape index (κ3) is 2.58. The van der Waals surface area contributed by atoms with Crippen LogP contribution in [-0.4, -0.2) is 54.5 Å². The molecule has 9 heteroatoms. The van der Waals surface area contributed by atoms with Crippen LogP contribution in [0.1, 0.15) is 39.2 Å². The van der Waals surface area contributed by atoms with E-state index in [0.29, 0.717) is 41.4 Å². The average molecular weight is 407 g/mol.